The van der Waals surface area contributed by atoms with Crippen molar-refractivity contribution in [3.63, 3.8) is 0 Å². The molecule has 3 rings (SSSR count). The molecule has 0 saturated heterocycles. The third kappa shape index (κ3) is 3.30. The van der Waals surface area contributed by atoms with E-state index in [-0.39, 0.29) is 12.3 Å². The number of carboxylic acids is 1. The number of rotatable bonds is 6. The monoisotopic (exact) mass is 324 g/mol. The molecule has 0 aromatic heterocycles. The molecule has 1 aromatic carbocycles. The maximum atomic E-state index is 11.1. The Bertz CT molecular complexity index is 492. The molecule has 102 valence electrons. The van der Waals surface area contributed by atoms with Crippen LogP contribution in [0.25, 0.3) is 0 Å². The van der Waals surface area contributed by atoms with Crippen LogP contribution in [-0.4, -0.2) is 17.2 Å². The SMILES string of the molecule is O=C(O)CC(c1cc(Br)ccc1OC1CC1)C1CC1. The van der Waals surface area contributed by atoms with E-state index in [1.807, 2.05) is 18.2 Å². The Labute approximate surface area is 121 Å². The number of hydrogen-bond acceptors (Lipinski definition) is 2. The van der Waals surface area contributed by atoms with E-state index in [2.05, 4.69) is 15.9 Å². The highest BCUT2D eigenvalue weighted by Gasteiger charge is 2.36. The van der Waals surface area contributed by atoms with Crippen molar-refractivity contribution >= 4 is 21.9 Å². The Hall–Kier alpha value is -1.03. The Morgan fingerprint density at radius 3 is 2.68 bits per heavy atom. The van der Waals surface area contributed by atoms with Crippen LogP contribution < -0.4 is 4.74 Å². The van der Waals surface area contributed by atoms with Crippen molar-refractivity contribution in [2.75, 3.05) is 0 Å². The Balaban J connectivity index is 1.89. The molecule has 1 N–H and O–H groups in total. The molecule has 1 unspecified atom stereocenters. The molecule has 4 heteroatoms. The van der Waals surface area contributed by atoms with Gasteiger partial charge in [-0.2, -0.15) is 0 Å². The first-order valence-corrected chi connectivity index (χ1v) is 7.60. The minimum atomic E-state index is -0.728. The molecule has 0 bridgehead atoms. The molecule has 2 saturated carbocycles. The number of ether oxygens (including phenoxy) is 1. The minimum Gasteiger partial charge on any atom is -0.490 e. The molecule has 0 aliphatic heterocycles. The average Bonchev–Trinajstić information content (AvgIpc) is 3.22. The lowest BCUT2D eigenvalue weighted by Gasteiger charge is -2.19. The molecule has 0 heterocycles. The van der Waals surface area contributed by atoms with E-state index < -0.39 is 5.97 Å². The summed E-state index contributed by atoms with van der Waals surface area (Å²) in [5.74, 6) is 0.744. The summed E-state index contributed by atoms with van der Waals surface area (Å²) < 4.78 is 6.93. The van der Waals surface area contributed by atoms with E-state index in [9.17, 15) is 4.79 Å². The lowest BCUT2D eigenvalue weighted by molar-refractivity contribution is -0.137. The number of carbonyl (C=O) groups is 1. The zero-order chi connectivity index (χ0) is 13.4. The summed E-state index contributed by atoms with van der Waals surface area (Å²) in [5, 5.41) is 9.12. The fourth-order valence-electron chi connectivity index (χ4n) is 2.50. The van der Waals surface area contributed by atoms with Gasteiger partial charge < -0.3 is 9.84 Å². The van der Waals surface area contributed by atoms with Gasteiger partial charge in [0.25, 0.3) is 0 Å². The van der Waals surface area contributed by atoms with Crippen LogP contribution in [0.15, 0.2) is 22.7 Å². The van der Waals surface area contributed by atoms with Crippen molar-refractivity contribution in [1.82, 2.24) is 0 Å². The third-order valence-electron chi connectivity index (χ3n) is 3.77. The number of hydrogen-bond donors (Lipinski definition) is 1. The number of halogens is 1. The maximum Gasteiger partial charge on any atom is 0.303 e. The summed E-state index contributed by atoms with van der Waals surface area (Å²) in [6.45, 7) is 0. The van der Waals surface area contributed by atoms with Gasteiger partial charge in [0, 0.05) is 10.4 Å². The average molecular weight is 325 g/mol. The summed E-state index contributed by atoms with van der Waals surface area (Å²) >= 11 is 3.48. The number of aliphatic carboxylic acids is 1. The topological polar surface area (TPSA) is 46.5 Å². The summed E-state index contributed by atoms with van der Waals surface area (Å²) in [5.41, 5.74) is 1.06. The number of benzene rings is 1. The lowest BCUT2D eigenvalue weighted by Crippen LogP contribution is -2.11. The first-order chi connectivity index (χ1) is 9.13. The number of carboxylic acid groups (broad SMARTS) is 1. The van der Waals surface area contributed by atoms with E-state index >= 15 is 0 Å². The predicted molar refractivity (Wildman–Crippen MR) is 75.5 cm³/mol. The molecule has 19 heavy (non-hydrogen) atoms. The van der Waals surface area contributed by atoms with Gasteiger partial charge in [0.05, 0.1) is 12.5 Å². The van der Waals surface area contributed by atoms with Crippen molar-refractivity contribution in [2.45, 2.75) is 44.1 Å². The molecule has 0 amide bonds. The van der Waals surface area contributed by atoms with Gasteiger partial charge in [-0.1, -0.05) is 15.9 Å². The standard InChI is InChI=1S/C15H17BrO3/c16-10-3-6-14(19-11-4-5-11)13(7-10)12(8-15(17)18)9-1-2-9/h3,6-7,9,11-12H,1-2,4-5,8H2,(H,17,18). The van der Waals surface area contributed by atoms with Gasteiger partial charge in [-0.05, 0) is 55.4 Å². The van der Waals surface area contributed by atoms with Crippen molar-refractivity contribution < 1.29 is 14.6 Å². The van der Waals surface area contributed by atoms with E-state index in [4.69, 9.17) is 9.84 Å². The van der Waals surface area contributed by atoms with Crippen LogP contribution in [0.2, 0.25) is 0 Å². The van der Waals surface area contributed by atoms with Gasteiger partial charge in [-0.3, -0.25) is 4.79 Å². The van der Waals surface area contributed by atoms with Crippen molar-refractivity contribution in [3.05, 3.63) is 28.2 Å². The summed E-state index contributed by atoms with van der Waals surface area (Å²) in [4.78, 5) is 11.1. The van der Waals surface area contributed by atoms with Crippen LogP contribution in [0.4, 0.5) is 0 Å². The van der Waals surface area contributed by atoms with Gasteiger partial charge >= 0.3 is 5.97 Å². The van der Waals surface area contributed by atoms with Gasteiger partial charge in [0.15, 0.2) is 0 Å². The van der Waals surface area contributed by atoms with Crippen LogP contribution in [0.5, 0.6) is 5.75 Å². The van der Waals surface area contributed by atoms with Crippen LogP contribution in [0.1, 0.15) is 43.6 Å². The molecule has 2 aliphatic rings. The lowest BCUT2D eigenvalue weighted by atomic mass is 9.90. The second-order valence-electron chi connectivity index (χ2n) is 5.54. The molecule has 1 aromatic rings. The molecule has 2 aliphatic carbocycles. The highest BCUT2D eigenvalue weighted by atomic mass is 79.9. The molecule has 2 fully saturated rings. The molecular weight excluding hydrogens is 308 g/mol. The van der Waals surface area contributed by atoms with Gasteiger partial charge in [-0.25, -0.2) is 0 Å². The Morgan fingerprint density at radius 1 is 1.37 bits per heavy atom. The molecule has 0 radical (unpaired) electrons. The van der Waals surface area contributed by atoms with E-state index in [0.29, 0.717) is 12.0 Å². The van der Waals surface area contributed by atoms with E-state index in [1.54, 1.807) is 0 Å². The summed E-state index contributed by atoms with van der Waals surface area (Å²) in [6.07, 6.45) is 5.03. The van der Waals surface area contributed by atoms with Crippen LogP contribution in [-0.2, 0) is 4.79 Å². The van der Waals surface area contributed by atoms with Crippen molar-refractivity contribution in [3.8, 4) is 5.75 Å². The third-order valence-corrected chi connectivity index (χ3v) is 4.27. The van der Waals surface area contributed by atoms with Gasteiger partial charge in [-0.15, -0.1) is 0 Å². The quantitative estimate of drug-likeness (QED) is 0.861. The normalized spacial score (nSPS) is 20.1. The second-order valence-corrected chi connectivity index (χ2v) is 6.46. The van der Waals surface area contributed by atoms with Crippen molar-refractivity contribution in [1.29, 1.82) is 0 Å². The summed E-state index contributed by atoms with van der Waals surface area (Å²) in [6, 6.07) is 5.96. The smallest absolute Gasteiger partial charge is 0.303 e. The minimum absolute atomic E-state index is 0.0868. The van der Waals surface area contributed by atoms with Crippen LogP contribution in [0.3, 0.4) is 0 Å². The molecule has 0 spiro atoms. The first kappa shape index (κ1) is 13.0. The predicted octanol–water partition coefficient (Wildman–Crippen LogP) is 3.96. The maximum absolute atomic E-state index is 11.1. The van der Waals surface area contributed by atoms with Crippen LogP contribution in [0, 0.1) is 5.92 Å². The Morgan fingerprint density at radius 2 is 2.11 bits per heavy atom. The largest absolute Gasteiger partial charge is 0.490 e. The second kappa shape index (κ2) is 5.16. The molecule has 3 nitrogen and oxygen atoms in total. The molecule has 1 atom stereocenters. The van der Waals surface area contributed by atoms with Gasteiger partial charge in [0.2, 0.25) is 0 Å². The van der Waals surface area contributed by atoms with Crippen LogP contribution >= 0.6 is 15.9 Å². The highest BCUT2D eigenvalue weighted by molar-refractivity contribution is 9.10. The fourth-order valence-corrected chi connectivity index (χ4v) is 2.88. The fraction of sp³-hybridized carbons (Fsp3) is 0.533. The zero-order valence-corrected chi connectivity index (χ0v) is 12.2. The van der Waals surface area contributed by atoms with E-state index in [0.717, 1.165) is 41.5 Å². The van der Waals surface area contributed by atoms with E-state index in [1.165, 1.54) is 0 Å². The van der Waals surface area contributed by atoms with Crippen molar-refractivity contribution in [2.24, 2.45) is 5.92 Å². The van der Waals surface area contributed by atoms with Gasteiger partial charge in [0.1, 0.15) is 5.75 Å². The molecular formula is C15H17BrO3. The first-order valence-electron chi connectivity index (χ1n) is 6.81. The highest BCUT2D eigenvalue weighted by Crippen LogP contribution is 2.48. The Kier molecular flexibility index (Phi) is 3.52. The summed E-state index contributed by atoms with van der Waals surface area (Å²) in [7, 11) is 0. The zero-order valence-electron chi connectivity index (χ0n) is 10.6.